The number of hydrogen-bond acceptors (Lipinski definition) is 4. The zero-order chi connectivity index (χ0) is 15.0. The summed E-state index contributed by atoms with van der Waals surface area (Å²) in [6, 6.07) is -0.560. The standard InChI is InChI=1S/C13H24N2O4/c1-6-15(8-7-11(17)19-5)13(18)12(9(2)3)14-10(4)16/h9,12H,6-8H2,1-5H3,(H,14,16). The molecule has 0 aliphatic rings. The number of nitrogens with one attached hydrogen (secondary N) is 1. The Labute approximate surface area is 114 Å². The average Bonchev–Trinajstić information content (AvgIpc) is 2.35. The molecule has 19 heavy (non-hydrogen) atoms. The normalized spacial score (nSPS) is 11.9. The molecule has 2 amide bonds. The Hall–Kier alpha value is -1.59. The molecule has 0 aliphatic heterocycles. The first kappa shape index (κ1) is 17.4. The molecule has 110 valence electrons. The summed E-state index contributed by atoms with van der Waals surface area (Å²) in [6.07, 6.45) is 0.154. The van der Waals surface area contributed by atoms with Gasteiger partial charge in [0.05, 0.1) is 13.5 Å². The number of carbonyl (C=O) groups excluding carboxylic acids is 3. The van der Waals surface area contributed by atoms with Gasteiger partial charge in [0.25, 0.3) is 0 Å². The molecular formula is C13H24N2O4. The van der Waals surface area contributed by atoms with Crippen LogP contribution in [0.1, 0.15) is 34.1 Å². The number of methoxy groups -OCH3 is 1. The van der Waals surface area contributed by atoms with Crippen molar-refractivity contribution in [3.63, 3.8) is 0 Å². The van der Waals surface area contributed by atoms with E-state index in [1.807, 2.05) is 20.8 Å². The SMILES string of the molecule is CCN(CCC(=O)OC)C(=O)C(NC(C)=O)C(C)C. The van der Waals surface area contributed by atoms with Crippen LogP contribution in [0.3, 0.4) is 0 Å². The van der Waals surface area contributed by atoms with Crippen molar-refractivity contribution in [2.24, 2.45) is 5.92 Å². The molecule has 0 aromatic heterocycles. The smallest absolute Gasteiger partial charge is 0.307 e. The number of amides is 2. The van der Waals surface area contributed by atoms with E-state index in [1.165, 1.54) is 14.0 Å². The van der Waals surface area contributed by atoms with Crippen molar-refractivity contribution in [2.45, 2.75) is 40.2 Å². The van der Waals surface area contributed by atoms with Gasteiger partial charge >= 0.3 is 5.97 Å². The maximum atomic E-state index is 12.3. The first-order valence-electron chi connectivity index (χ1n) is 6.46. The number of ether oxygens (including phenoxy) is 1. The van der Waals surface area contributed by atoms with E-state index in [4.69, 9.17) is 0 Å². The van der Waals surface area contributed by atoms with Crippen LogP contribution >= 0.6 is 0 Å². The number of esters is 1. The Morgan fingerprint density at radius 3 is 2.21 bits per heavy atom. The van der Waals surface area contributed by atoms with E-state index >= 15 is 0 Å². The fourth-order valence-electron chi connectivity index (χ4n) is 1.68. The van der Waals surface area contributed by atoms with Crippen LogP contribution in [-0.4, -0.2) is 48.9 Å². The van der Waals surface area contributed by atoms with Crippen molar-refractivity contribution in [1.29, 1.82) is 0 Å². The molecule has 6 nitrogen and oxygen atoms in total. The van der Waals surface area contributed by atoms with Gasteiger partial charge in [-0.15, -0.1) is 0 Å². The number of nitrogens with zero attached hydrogens (tertiary/aromatic N) is 1. The lowest BCUT2D eigenvalue weighted by Crippen LogP contribution is -2.51. The first-order chi connectivity index (χ1) is 8.83. The molecule has 0 spiro atoms. The molecule has 1 atom stereocenters. The molecule has 0 aliphatic carbocycles. The second-order valence-corrected chi connectivity index (χ2v) is 4.67. The van der Waals surface area contributed by atoms with E-state index < -0.39 is 6.04 Å². The van der Waals surface area contributed by atoms with Gasteiger partial charge < -0.3 is 15.0 Å². The van der Waals surface area contributed by atoms with Crippen LogP contribution < -0.4 is 5.32 Å². The van der Waals surface area contributed by atoms with Gasteiger partial charge in [0.15, 0.2) is 0 Å². The van der Waals surface area contributed by atoms with Crippen LogP contribution in [0.15, 0.2) is 0 Å². The third-order valence-electron chi connectivity index (χ3n) is 2.80. The predicted molar refractivity (Wildman–Crippen MR) is 71.3 cm³/mol. The summed E-state index contributed by atoms with van der Waals surface area (Å²) in [5, 5.41) is 2.65. The molecule has 0 heterocycles. The highest BCUT2D eigenvalue weighted by Crippen LogP contribution is 2.07. The molecule has 6 heteroatoms. The van der Waals surface area contributed by atoms with E-state index in [0.29, 0.717) is 13.1 Å². The van der Waals surface area contributed by atoms with Crippen LogP contribution in [0.5, 0.6) is 0 Å². The summed E-state index contributed by atoms with van der Waals surface area (Å²) >= 11 is 0. The second-order valence-electron chi connectivity index (χ2n) is 4.67. The third kappa shape index (κ3) is 6.22. The van der Waals surface area contributed by atoms with E-state index in [-0.39, 0.29) is 30.1 Å². The maximum Gasteiger partial charge on any atom is 0.307 e. The quantitative estimate of drug-likeness (QED) is 0.687. The minimum Gasteiger partial charge on any atom is -0.469 e. The molecule has 0 saturated heterocycles. The number of carbonyl (C=O) groups is 3. The Balaban J connectivity index is 4.68. The average molecular weight is 272 g/mol. The highest BCUT2D eigenvalue weighted by atomic mass is 16.5. The van der Waals surface area contributed by atoms with Gasteiger partial charge in [-0.3, -0.25) is 14.4 Å². The van der Waals surface area contributed by atoms with Gasteiger partial charge in [-0.05, 0) is 12.8 Å². The lowest BCUT2D eigenvalue weighted by Gasteiger charge is -2.28. The van der Waals surface area contributed by atoms with Gasteiger partial charge in [0, 0.05) is 20.0 Å². The first-order valence-corrected chi connectivity index (χ1v) is 6.46. The summed E-state index contributed by atoms with van der Waals surface area (Å²) in [5.74, 6) is -0.775. The van der Waals surface area contributed by atoms with Crippen molar-refractivity contribution < 1.29 is 19.1 Å². The molecule has 0 saturated carbocycles. The van der Waals surface area contributed by atoms with E-state index in [0.717, 1.165) is 0 Å². The molecule has 0 fully saturated rings. The summed E-state index contributed by atoms with van der Waals surface area (Å²) in [5.41, 5.74) is 0. The van der Waals surface area contributed by atoms with Crippen molar-refractivity contribution in [2.75, 3.05) is 20.2 Å². The number of likely N-dealkylation sites (N-methyl/N-ethyl adjacent to an activating group) is 1. The van der Waals surface area contributed by atoms with E-state index in [9.17, 15) is 14.4 Å². The molecule has 0 aromatic carbocycles. The molecule has 0 bridgehead atoms. The van der Waals surface area contributed by atoms with E-state index in [1.54, 1.807) is 4.90 Å². The topological polar surface area (TPSA) is 75.7 Å². The molecular weight excluding hydrogens is 248 g/mol. The van der Waals surface area contributed by atoms with Crippen molar-refractivity contribution in [3.8, 4) is 0 Å². The summed E-state index contributed by atoms with van der Waals surface area (Å²) in [6.45, 7) is 7.73. The van der Waals surface area contributed by atoms with Crippen LogP contribution in [0.25, 0.3) is 0 Å². The zero-order valence-electron chi connectivity index (χ0n) is 12.4. The Bertz CT molecular complexity index is 329. The molecule has 0 radical (unpaired) electrons. The Kier molecular flexibility index (Phi) is 7.79. The van der Waals surface area contributed by atoms with Crippen LogP contribution in [0, 0.1) is 5.92 Å². The molecule has 1 N–H and O–H groups in total. The lowest BCUT2D eigenvalue weighted by molar-refractivity contribution is -0.142. The third-order valence-corrected chi connectivity index (χ3v) is 2.80. The van der Waals surface area contributed by atoms with Crippen LogP contribution in [0.4, 0.5) is 0 Å². The van der Waals surface area contributed by atoms with Gasteiger partial charge in [-0.25, -0.2) is 0 Å². The van der Waals surface area contributed by atoms with Crippen molar-refractivity contribution in [3.05, 3.63) is 0 Å². The van der Waals surface area contributed by atoms with Gasteiger partial charge in [-0.1, -0.05) is 13.8 Å². The Morgan fingerprint density at radius 1 is 1.26 bits per heavy atom. The highest BCUT2D eigenvalue weighted by Gasteiger charge is 2.27. The maximum absolute atomic E-state index is 12.3. The monoisotopic (exact) mass is 272 g/mol. The molecule has 0 aromatic rings. The highest BCUT2D eigenvalue weighted by molar-refractivity contribution is 5.87. The van der Waals surface area contributed by atoms with Crippen molar-refractivity contribution >= 4 is 17.8 Å². The fourth-order valence-corrected chi connectivity index (χ4v) is 1.68. The van der Waals surface area contributed by atoms with Gasteiger partial charge in [-0.2, -0.15) is 0 Å². The van der Waals surface area contributed by atoms with Crippen LogP contribution in [-0.2, 0) is 19.1 Å². The van der Waals surface area contributed by atoms with Crippen molar-refractivity contribution in [1.82, 2.24) is 10.2 Å². The fraction of sp³-hybridized carbons (Fsp3) is 0.769. The summed E-state index contributed by atoms with van der Waals surface area (Å²) in [4.78, 5) is 36.1. The van der Waals surface area contributed by atoms with Gasteiger partial charge in [0.1, 0.15) is 6.04 Å². The molecule has 0 rings (SSSR count). The number of hydrogen-bond donors (Lipinski definition) is 1. The number of rotatable bonds is 7. The largest absolute Gasteiger partial charge is 0.469 e. The second kappa shape index (κ2) is 8.50. The predicted octanol–water partition coefficient (Wildman–Crippen LogP) is 0.559. The van der Waals surface area contributed by atoms with Crippen LogP contribution in [0.2, 0.25) is 0 Å². The lowest BCUT2D eigenvalue weighted by atomic mass is 10.0. The Morgan fingerprint density at radius 2 is 1.84 bits per heavy atom. The summed E-state index contributed by atoms with van der Waals surface area (Å²) in [7, 11) is 1.31. The minimum absolute atomic E-state index is 0.0106. The molecule has 1 unspecified atom stereocenters. The minimum atomic E-state index is -0.560. The zero-order valence-corrected chi connectivity index (χ0v) is 12.4. The summed E-state index contributed by atoms with van der Waals surface area (Å²) < 4.78 is 4.55. The van der Waals surface area contributed by atoms with Gasteiger partial charge in [0.2, 0.25) is 11.8 Å². The van der Waals surface area contributed by atoms with E-state index in [2.05, 4.69) is 10.1 Å².